The van der Waals surface area contributed by atoms with Crippen molar-refractivity contribution in [3.05, 3.63) is 88.4 Å². The molecule has 0 aliphatic carbocycles. The standard InChI is InChI=1S/C25H23N3O4S2/c1-31-19-9-10-23(32-2)21(14-19)22(29)16-34-25-26-11-12-28(25)18-7-5-17(6-8-18)24(30)27-15-20-4-3-13-33-20/h3-14H,15-16H2,1-2H3,(H,27,30). The molecule has 0 bridgehead atoms. The normalized spacial score (nSPS) is 10.6. The Labute approximate surface area is 205 Å². The van der Waals surface area contributed by atoms with Crippen molar-refractivity contribution in [1.82, 2.24) is 14.9 Å². The summed E-state index contributed by atoms with van der Waals surface area (Å²) < 4.78 is 12.4. The summed E-state index contributed by atoms with van der Waals surface area (Å²) in [6.45, 7) is 0.507. The third kappa shape index (κ3) is 5.49. The predicted molar refractivity (Wildman–Crippen MR) is 134 cm³/mol. The number of thioether (sulfide) groups is 1. The van der Waals surface area contributed by atoms with Gasteiger partial charge in [0.25, 0.3) is 5.91 Å². The second-order valence-corrected chi connectivity index (χ2v) is 9.14. The number of amides is 1. The van der Waals surface area contributed by atoms with Gasteiger partial charge in [0.15, 0.2) is 10.9 Å². The number of thiophene rings is 1. The number of nitrogens with one attached hydrogen (secondary N) is 1. The fourth-order valence-corrected chi connectivity index (χ4v) is 4.79. The van der Waals surface area contributed by atoms with Crippen LogP contribution in [0.25, 0.3) is 5.69 Å². The Morgan fingerprint density at radius 2 is 1.91 bits per heavy atom. The second-order valence-electron chi connectivity index (χ2n) is 7.17. The molecule has 0 aliphatic heterocycles. The molecule has 0 aliphatic rings. The van der Waals surface area contributed by atoms with Crippen molar-refractivity contribution in [3.8, 4) is 17.2 Å². The van der Waals surface area contributed by atoms with Crippen molar-refractivity contribution in [2.24, 2.45) is 0 Å². The highest BCUT2D eigenvalue weighted by Crippen LogP contribution is 2.27. The number of aromatic nitrogens is 2. The van der Waals surface area contributed by atoms with E-state index in [0.29, 0.717) is 34.3 Å². The van der Waals surface area contributed by atoms with Gasteiger partial charge in [-0.1, -0.05) is 17.8 Å². The highest BCUT2D eigenvalue weighted by atomic mass is 32.2. The number of hydrogen-bond donors (Lipinski definition) is 1. The zero-order valence-corrected chi connectivity index (χ0v) is 20.3. The molecule has 7 nitrogen and oxygen atoms in total. The highest BCUT2D eigenvalue weighted by molar-refractivity contribution is 7.99. The number of ether oxygens (including phenoxy) is 2. The molecule has 34 heavy (non-hydrogen) atoms. The third-order valence-electron chi connectivity index (χ3n) is 5.06. The topological polar surface area (TPSA) is 82.5 Å². The van der Waals surface area contributed by atoms with Crippen LogP contribution in [-0.2, 0) is 6.54 Å². The van der Waals surface area contributed by atoms with Crippen LogP contribution in [0, 0.1) is 0 Å². The average Bonchev–Trinajstić information content (AvgIpc) is 3.57. The summed E-state index contributed by atoms with van der Waals surface area (Å²) in [6.07, 6.45) is 3.51. The first-order chi connectivity index (χ1) is 16.6. The minimum Gasteiger partial charge on any atom is -0.497 e. The lowest BCUT2D eigenvalue weighted by Gasteiger charge is -2.11. The average molecular weight is 494 g/mol. The lowest BCUT2D eigenvalue weighted by Crippen LogP contribution is -2.22. The molecule has 2 heterocycles. The molecule has 2 aromatic carbocycles. The number of hydrogen-bond acceptors (Lipinski definition) is 7. The zero-order valence-electron chi connectivity index (χ0n) is 18.7. The number of carbonyl (C=O) groups is 2. The minimum atomic E-state index is -0.127. The summed E-state index contributed by atoms with van der Waals surface area (Å²) in [6, 6.07) is 16.4. The van der Waals surface area contributed by atoms with E-state index in [0.717, 1.165) is 10.6 Å². The molecule has 2 aromatic heterocycles. The molecule has 0 spiro atoms. The number of ketones is 1. The van der Waals surface area contributed by atoms with E-state index >= 15 is 0 Å². The highest BCUT2D eigenvalue weighted by Gasteiger charge is 2.16. The van der Waals surface area contributed by atoms with Gasteiger partial charge in [0.1, 0.15) is 11.5 Å². The maximum absolute atomic E-state index is 12.9. The van der Waals surface area contributed by atoms with Crippen LogP contribution >= 0.6 is 23.1 Å². The Kier molecular flexibility index (Phi) is 7.66. The van der Waals surface area contributed by atoms with E-state index in [2.05, 4.69) is 10.3 Å². The lowest BCUT2D eigenvalue weighted by atomic mass is 10.1. The molecule has 0 atom stereocenters. The molecule has 4 rings (SSSR count). The summed E-state index contributed by atoms with van der Waals surface area (Å²) in [5, 5.41) is 5.58. The van der Waals surface area contributed by atoms with E-state index < -0.39 is 0 Å². The van der Waals surface area contributed by atoms with E-state index in [1.54, 1.807) is 55.0 Å². The third-order valence-corrected chi connectivity index (χ3v) is 6.90. The molecule has 4 aromatic rings. The molecule has 0 saturated heterocycles. The molecular formula is C25H23N3O4S2. The summed E-state index contributed by atoms with van der Waals surface area (Å²) >= 11 is 2.94. The minimum absolute atomic E-state index is 0.0898. The first kappa shape index (κ1) is 23.6. The zero-order chi connectivity index (χ0) is 23.9. The van der Waals surface area contributed by atoms with E-state index in [1.807, 2.05) is 40.4 Å². The van der Waals surface area contributed by atoms with Crippen LogP contribution < -0.4 is 14.8 Å². The molecule has 0 unspecified atom stereocenters. The van der Waals surface area contributed by atoms with Crippen LogP contribution in [-0.4, -0.2) is 41.2 Å². The van der Waals surface area contributed by atoms with Crippen LogP contribution in [0.2, 0.25) is 0 Å². The van der Waals surface area contributed by atoms with E-state index in [4.69, 9.17) is 9.47 Å². The maximum Gasteiger partial charge on any atom is 0.251 e. The van der Waals surface area contributed by atoms with Gasteiger partial charge in [0, 0.05) is 28.5 Å². The van der Waals surface area contributed by atoms with Gasteiger partial charge in [0.05, 0.1) is 32.1 Å². The van der Waals surface area contributed by atoms with Gasteiger partial charge in [-0.2, -0.15) is 0 Å². The Balaban J connectivity index is 1.41. The number of methoxy groups -OCH3 is 2. The molecule has 9 heteroatoms. The Bertz CT molecular complexity index is 1270. The summed E-state index contributed by atoms with van der Waals surface area (Å²) in [5.41, 5.74) is 1.89. The molecule has 0 radical (unpaired) electrons. The fourth-order valence-electron chi connectivity index (χ4n) is 3.29. The molecule has 1 amide bonds. The number of benzene rings is 2. The van der Waals surface area contributed by atoms with Gasteiger partial charge in [0.2, 0.25) is 0 Å². The Morgan fingerprint density at radius 1 is 1.09 bits per heavy atom. The number of carbonyl (C=O) groups excluding carboxylic acids is 2. The van der Waals surface area contributed by atoms with Crippen LogP contribution in [0.1, 0.15) is 25.6 Å². The van der Waals surface area contributed by atoms with E-state index in [-0.39, 0.29) is 17.4 Å². The molecular weight excluding hydrogens is 470 g/mol. The molecule has 174 valence electrons. The van der Waals surface area contributed by atoms with Crippen molar-refractivity contribution in [3.63, 3.8) is 0 Å². The van der Waals surface area contributed by atoms with Crippen LogP contribution in [0.3, 0.4) is 0 Å². The van der Waals surface area contributed by atoms with Crippen LogP contribution in [0.4, 0.5) is 0 Å². The summed E-state index contributed by atoms with van der Waals surface area (Å²) in [4.78, 5) is 30.8. The quantitative estimate of drug-likeness (QED) is 0.251. The molecule has 0 saturated carbocycles. The van der Waals surface area contributed by atoms with Gasteiger partial charge in [-0.05, 0) is 53.9 Å². The first-order valence-electron chi connectivity index (χ1n) is 10.4. The van der Waals surface area contributed by atoms with Gasteiger partial charge in [-0.25, -0.2) is 4.98 Å². The van der Waals surface area contributed by atoms with Gasteiger partial charge in [-0.3, -0.25) is 14.2 Å². The van der Waals surface area contributed by atoms with E-state index in [9.17, 15) is 9.59 Å². The summed E-state index contributed by atoms with van der Waals surface area (Å²) in [5.74, 6) is 1.06. The van der Waals surface area contributed by atoms with Gasteiger partial charge >= 0.3 is 0 Å². The van der Waals surface area contributed by atoms with Crippen molar-refractivity contribution in [1.29, 1.82) is 0 Å². The van der Waals surface area contributed by atoms with Crippen molar-refractivity contribution in [2.45, 2.75) is 11.7 Å². The monoisotopic (exact) mass is 493 g/mol. The molecule has 0 fully saturated rings. The maximum atomic E-state index is 12.9. The van der Waals surface area contributed by atoms with Crippen molar-refractivity contribution < 1.29 is 19.1 Å². The summed E-state index contributed by atoms with van der Waals surface area (Å²) in [7, 11) is 3.09. The number of Topliss-reactive ketones (excluding diaryl/α,β-unsaturated/α-hetero) is 1. The molecule has 1 N–H and O–H groups in total. The largest absolute Gasteiger partial charge is 0.497 e. The fraction of sp³-hybridized carbons (Fsp3) is 0.160. The van der Waals surface area contributed by atoms with E-state index in [1.165, 1.54) is 18.9 Å². The smallest absolute Gasteiger partial charge is 0.251 e. The van der Waals surface area contributed by atoms with Crippen LogP contribution in [0.5, 0.6) is 11.5 Å². The SMILES string of the molecule is COc1ccc(OC)c(C(=O)CSc2nccn2-c2ccc(C(=O)NCc3cccs3)cc2)c1. The number of rotatable bonds is 10. The Morgan fingerprint density at radius 3 is 2.62 bits per heavy atom. The first-order valence-corrected chi connectivity index (χ1v) is 12.3. The lowest BCUT2D eigenvalue weighted by molar-refractivity contribution is 0.0950. The van der Waals surface area contributed by atoms with Gasteiger partial charge in [-0.15, -0.1) is 11.3 Å². The predicted octanol–water partition coefficient (Wildman–Crippen LogP) is 4.86. The number of nitrogens with zero attached hydrogens (tertiary/aromatic N) is 2. The Hall–Kier alpha value is -3.56. The number of imidazole rings is 1. The van der Waals surface area contributed by atoms with Crippen molar-refractivity contribution in [2.75, 3.05) is 20.0 Å². The second kappa shape index (κ2) is 11.0. The van der Waals surface area contributed by atoms with Crippen LogP contribution in [0.15, 0.2) is 77.5 Å². The van der Waals surface area contributed by atoms with Gasteiger partial charge < -0.3 is 14.8 Å². The van der Waals surface area contributed by atoms with Crippen molar-refractivity contribution >= 4 is 34.8 Å².